The largest absolute Gasteiger partial charge is 0.497 e. The Kier molecular flexibility index (Phi) is 4.36. The zero-order valence-corrected chi connectivity index (χ0v) is 10.7. The molecule has 19 heavy (non-hydrogen) atoms. The van der Waals surface area contributed by atoms with E-state index < -0.39 is 5.82 Å². The smallest absolute Gasteiger partial charge is 0.165 e. The molecule has 0 radical (unpaired) electrons. The fraction of sp³-hybridized carbons (Fsp3) is 0.200. The quantitative estimate of drug-likeness (QED) is 0.900. The number of halogens is 1. The van der Waals surface area contributed by atoms with E-state index >= 15 is 0 Å². The molecule has 0 fully saturated rings. The molecule has 2 rings (SSSR count). The van der Waals surface area contributed by atoms with Crippen molar-refractivity contribution in [3.05, 3.63) is 59.4 Å². The lowest BCUT2D eigenvalue weighted by atomic mass is 10.2. The summed E-state index contributed by atoms with van der Waals surface area (Å²) in [6, 6.07) is 12.2. The fourth-order valence-corrected chi connectivity index (χ4v) is 1.79. The number of nitrogens with two attached hydrogens (primary N) is 1. The van der Waals surface area contributed by atoms with Crippen molar-refractivity contribution in [2.24, 2.45) is 5.73 Å². The van der Waals surface area contributed by atoms with Gasteiger partial charge in [0.1, 0.15) is 12.4 Å². The first-order valence-corrected chi connectivity index (χ1v) is 5.97. The maximum atomic E-state index is 13.7. The van der Waals surface area contributed by atoms with E-state index in [2.05, 4.69) is 0 Å². The second-order valence-electron chi connectivity index (χ2n) is 4.07. The third kappa shape index (κ3) is 3.23. The number of ether oxygens (including phenoxy) is 2. The van der Waals surface area contributed by atoms with E-state index in [1.807, 2.05) is 24.3 Å². The van der Waals surface area contributed by atoms with E-state index in [0.29, 0.717) is 5.56 Å². The Bertz CT molecular complexity index is 558. The molecule has 0 saturated carbocycles. The van der Waals surface area contributed by atoms with Gasteiger partial charge in [0.25, 0.3) is 0 Å². The van der Waals surface area contributed by atoms with E-state index in [1.165, 1.54) is 6.07 Å². The number of para-hydroxylation sites is 1. The van der Waals surface area contributed by atoms with E-state index in [1.54, 1.807) is 19.2 Å². The molecular formula is C15H16FNO2. The second kappa shape index (κ2) is 6.20. The zero-order chi connectivity index (χ0) is 13.7. The van der Waals surface area contributed by atoms with Crippen LogP contribution >= 0.6 is 0 Å². The lowest BCUT2D eigenvalue weighted by Gasteiger charge is -2.11. The van der Waals surface area contributed by atoms with Crippen LogP contribution in [-0.2, 0) is 13.2 Å². The Morgan fingerprint density at radius 2 is 1.95 bits per heavy atom. The molecule has 0 unspecified atom stereocenters. The minimum atomic E-state index is -0.397. The molecule has 0 amide bonds. The van der Waals surface area contributed by atoms with Crippen molar-refractivity contribution in [1.29, 1.82) is 0 Å². The molecule has 2 aromatic carbocycles. The summed E-state index contributed by atoms with van der Waals surface area (Å²) in [4.78, 5) is 0. The van der Waals surface area contributed by atoms with Gasteiger partial charge in [-0.3, -0.25) is 0 Å². The van der Waals surface area contributed by atoms with Crippen LogP contribution in [0.5, 0.6) is 11.5 Å². The van der Waals surface area contributed by atoms with Crippen molar-refractivity contribution in [2.45, 2.75) is 13.2 Å². The van der Waals surface area contributed by atoms with Crippen molar-refractivity contribution in [1.82, 2.24) is 0 Å². The average Bonchev–Trinajstić information content (AvgIpc) is 2.46. The summed E-state index contributed by atoms with van der Waals surface area (Å²) in [5.74, 6) is 0.562. The van der Waals surface area contributed by atoms with Crippen molar-refractivity contribution in [3.63, 3.8) is 0 Å². The van der Waals surface area contributed by atoms with Gasteiger partial charge < -0.3 is 15.2 Å². The van der Waals surface area contributed by atoms with Crippen LogP contribution in [0.25, 0.3) is 0 Å². The first-order valence-electron chi connectivity index (χ1n) is 5.97. The lowest BCUT2D eigenvalue weighted by molar-refractivity contribution is 0.286. The number of hydrogen-bond donors (Lipinski definition) is 1. The third-order valence-corrected chi connectivity index (χ3v) is 2.79. The van der Waals surface area contributed by atoms with Crippen molar-refractivity contribution >= 4 is 0 Å². The van der Waals surface area contributed by atoms with Gasteiger partial charge in [-0.15, -0.1) is 0 Å². The third-order valence-electron chi connectivity index (χ3n) is 2.79. The van der Waals surface area contributed by atoms with Gasteiger partial charge in [-0.25, -0.2) is 4.39 Å². The maximum absolute atomic E-state index is 13.7. The van der Waals surface area contributed by atoms with E-state index in [0.717, 1.165) is 11.3 Å². The van der Waals surface area contributed by atoms with Crippen molar-refractivity contribution in [3.8, 4) is 11.5 Å². The highest BCUT2D eigenvalue weighted by Crippen LogP contribution is 2.24. The first-order chi connectivity index (χ1) is 9.24. The Hall–Kier alpha value is -2.07. The molecule has 3 nitrogen and oxygen atoms in total. The van der Waals surface area contributed by atoms with Crippen LogP contribution in [0.15, 0.2) is 42.5 Å². The van der Waals surface area contributed by atoms with Gasteiger partial charge in [0.05, 0.1) is 7.11 Å². The summed E-state index contributed by atoms with van der Waals surface area (Å²) in [5, 5.41) is 0. The van der Waals surface area contributed by atoms with Crippen LogP contribution in [0.4, 0.5) is 4.39 Å². The van der Waals surface area contributed by atoms with Crippen LogP contribution in [0.3, 0.4) is 0 Å². The topological polar surface area (TPSA) is 44.5 Å². The first kappa shape index (κ1) is 13.4. The van der Waals surface area contributed by atoms with Crippen molar-refractivity contribution in [2.75, 3.05) is 7.11 Å². The highest BCUT2D eigenvalue weighted by molar-refractivity contribution is 5.35. The zero-order valence-electron chi connectivity index (χ0n) is 10.7. The van der Waals surface area contributed by atoms with Crippen LogP contribution in [0.2, 0.25) is 0 Å². The number of methoxy groups -OCH3 is 1. The lowest BCUT2D eigenvalue weighted by Crippen LogP contribution is -2.04. The van der Waals surface area contributed by atoms with Gasteiger partial charge in [-0.2, -0.15) is 0 Å². The van der Waals surface area contributed by atoms with E-state index in [9.17, 15) is 4.39 Å². The summed E-state index contributed by atoms with van der Waals surface area (Å²) in [7, 11) is 1.60. The molecule has 100 valence electrons. The molecule has 0 spiro atoms. The Morgan fingerprint density at radius 3 is 2.68 bits per heavy atom. The van der Waals surface area contributed by atoms with Gasteiger partial charge in [-0.1, -0.05) is 24.3 Å². The predicted octanol–water partition coefficient (Wildman–Crippen LogP) is 2.87. The number of benzene rings is 2. The minimum absolute atomic E-state index is 0.216. The van der Waals surface area contributed by atoms with Gasteiger partial charge in [0.2, 0.25) is 0 Å². The summed E-state index contributed by atoms with van der Waals surface area (Å²) in [6.45, 7) is 0.510. The molecule has 0 aromatic heterocycles. The van der Waals surface area contributed by atoms with Gasteiger partial charge >= 0.3 is 0 Å². The fourth-order valence-electron chi connectivity index (χ4n) is 1.79. The SMILES string of the molecule is COc1cccc(COc2c(F)cccc2CN)c1. The Morgan fingerprint density at radius 1 is 1.16 bits per heavy atom. The highest BCUT2D eigenvalue weighted by Gasteiger charge is 2.09. The average molecular weight is 261 g/mol. The second-order valence-corrected chi connectivity index (χ2v) is 4.07. The summed E-state index contributed by atoms with van der Waals surface area (Å²) >= 11 is 0. The summed E-state index contributed by atoms with van der Waals surface area (Å²) in [6.07, 6.45) is 0. The van der Waals surface area contributed by atoms with Gasteiger partial charge in [-0.05, 0) is 23.8 Å². The molecule has 0 aliphatic heterocycles. The molecule has 0 bridgehead atoms. The van der Waals surface area contributed by atoms with Crippen LogP contribution in [0, 0.1) is 5.82 Å². The molecule has 0 saturated heterocycles. The van der Waals surface area contributed by atoms with Crippen molar-refractivity contribution < 1.29 is 13.9 Å². The summed E-state index contributed by atoms with van der Waals surface area (Å²) in [5.41, 5.74) is 7.13. The van der Waals surface area contributed by atoms with Crippen LogP contribution in [-0.4, -0.2) is 7.11 Å². The number of hydrogen-bond acceptors (Lipinski definition) is 3. The molecule has 2 N–H and O–H groups in total. The molecule has 0 aliphatic carbocycles. The number of rotatable bonds is 5. The molecule has 0 aliphatic rings. The molecule has 2 aromatic rings. The van der Waals surface area contributed by atoms with E-state index in [4.69, 9.17) is 15.2 Å². The van der Waals surface area contributed by atoms with Crippen LogP contribution < -0.4 is 15.2 Å². The van der Waals surface area contributed by atoms with Gasteiger partial charge in [0.15, 0.2) is 11.6 Å². The maximum Gasteiger partial charge on any atom is 0.165 e. The molecule has 4 heteroatoms. The monoisotopic (exact) mass is 261 g/mol. The Balaban J connectivity index is 2.14. The van der Waals surface area contributed by atoms with E-state index in [-0.39, 0.29) is 18.9 Å². The minimum Gasteiger partial charge on any atom is -0.497 e. The summed E-state index contributed by atoms with van der Waals surface area (Å²) < 4.78 is 24.3. The molecular weight excluding hydrogens is 245 g/mol. The predicted molar refractivity (Wildman–Crippen MR) is 71.6 cm³/mol. The molecule has 0 heterocycles. The van der Waals surface area contributed by atoms with Crippen LogP contribution in [0.1, 0.15) is 11.1 Å². The highest BCUT2D eigenvalue weighted by atomic mass is 19.1. The Labute approximate surface area is 111 Å². The standard InChI is InChI=1S/C15H16FNO2/c1-18-13-6-2-4-11(8-13)10-19-15-12(9-17)5-3-7-14(15)16/h2-8H,9-10,17H2,1H3. The molecule has 0 atom stereocenters. The normalized spacial score (nSPS) is 10.3. The van der Waals surface area contributed by atoms with Gasteiger partial charge in [0, 0.05) is 12.1 Å².